The molecular weight excluding hydrogens is 656 g/mol. The van der Waals surface area contributed by atoms with E-state index in [2.05, 4.69) is 45.8 Å². The first-order valence-corrected chi connectivity index (χ1v) is 18.4. The number of carbonyl (C=O) groups excluding carboxylic acids is 4. The van der Waals surface area contributed by atoms with Gasteiger partial charge in [0.25, 0.3) is 0 Å². The Labute approximate surface area is 305 Å². The number of fused-ring (bicyclic) bond motifs is 2. The monoisotopic (exact) mass is 706 g/mol. The first-order valence-electron chi connectivity index (χ1n) is 18.4. The van der Waals surface area contributed by atoms with Crippen LogP contribution in [-0.4, -0.2) is 50.8 Å². The highest BCUT2D eigenvalue weighted by Crippen LogP contribution is 2.33. The fourth-order valence-corrected chi connectivity index (χ4v) is 7.14. The van der Waals surface area contributed by atoms with Crippen molar-refractivity contribution in [1.29, 1.82) is 0 Å². The Morgan fingerprint density at radius 1 is 0.981 bits per heavy atom. The fraction of sp³-hybridized carbons (Fsp3) is 0.463. The number of anilines is 2. The van der Waals surface area contributed by atoms with E-state index in [4.69, 9.17) is 9.72 Å². The molecule has 0 bridgehead atoms. The number of rotatable bonds is 11. The zero-order valence-corrected chi connectivity index (χ0v) is 31.0. The quantitative estimate of drug-likeness (QED) is 0.125. The molecule has 11 heteroatoms. The molecule has 274 valence electrons. The van der Waals surface area contributed by atoms with Crippen LogP contribution in [0.15, 0.2) is 48.5 Å². The molecule has 3 heterocycles. The van der Waals surface area contributed by atoms with Gasteiger partial charge in [-0.05, 0) is 101 Å². The van der Waals surface area contributed by atoms with E-state index in [1.165, 1.54) is 0 Å². The van der Waals surface area contributed by atoms with Gasteiger partial charge in [-0.3, -0.25) is 14.4 Å². The minimum Gasteiger partial charge on any atom is -0.444 e. The minimum atomic E-state index is -0.595. The number of hydrogen-bond donors (Lipinski definition) is 4. The van der Waals surface area contributed by atoms with Crippen LogP contribution < -0.4 is 16.0 Å². The highest BCUT2D eigenvalue weighted by Gasteiger charge is 2.31. The SMILES string of the molecule is Cc1cc2[nH]c(C(C)C)nc2nc1-c1ccc(C[C@H](CC(=O)C2CCC(CNC(=O)OC(C)(C)C)CC2)C(=O)Nc2ccc3c(c2)NC(=O)C3)cc1. The maximum absolute atomic E-state index is 13.9. The first-order chi connectivity index (χ1) is 24.7. The van der Waals surface area contributed by atoms with Gasteiger partial charge in [0.2, 0.25) is 11.8 Å². The van der Waals surface area contributed by atoms with Gasteiger partial charge in [-0.2, -0.15) is 0 Å². The Bertz CT molecular complexity index is 1970. The van der Waals surface area contributed by atoms with Crippen molar-refractivity contribution in [3.05, 3.63) is 71.0 Å². The van der Waals surface area contributed by atoms with Gasteiger partial charge in [-0.25, -0.2) is 14.8 Å². The highest BCUT2D eigenvalue weighted by atomic mass is 16.6. The standard InChI is InChI=1S/C41H50N6O5/c1-23(2)37-45-33-17-24(3)36(46-38(33)47-37)28-13-7-25(8-14-28)18-30(39(50)43-31-16-15-29-20-35(49)44-32(29)21-31)19-34(48)27-11-9-26(10-12-27)22-42-40(51)52-41(4,5)6/h7-8,13-17,21,23,26-27,30H,9-12,18-20,22H2,1-6H3,(H,42,51)(H,43,50)(H,44,49)(H,45,46,47)/t26?,27?,30-/m1/s1. The predicted octanol–water partition coefficient (Wildman–Crippen LogP) is 7.64. The molecular formula is C41H50N6O5. The van der Waals surface area contributed by atoms with Crippen molar-refractivity contribution < 1.29 is 23.9 Å². The highest BCUT2D eigenvalue weighted by molar-refractivity contribution is 6.01. The molecule has 2 aromatic heterocycles. The molecule has 1 fully saturated rings. The molecule has 0 saturated heterocycles. The van der Waals surface area contributed by atoms with Crippen molar-refractivity contribution in [2.24, 2.45) is 17.8 Å². The molecule has 1 aliphatic carbocycles. The largest absolute Gasteiger partial charge is 0.444 e. The molecule has 1 atom stereocenters. The van der Waals surface area contributed by atoms with E-state index in [9.17, 15) is 19.2 Å². The summed E-state index contributed by atoms with van der Waals surface area (Å²) < 4.78 is 5.36. The van der Waals surface area contributed by atoms with Gasteiger partial charge in [0.15, 0.2) is 5.65 Å². The average Bonchev–Trinajstić information content (AvgIpc) is 3.68. The molecule has 3 amide bonds. The van der Waals surface area contributed by atoms with Gasteiger partial charge in [-0.1, -0.05) is 44.2 Å². The number of ether oxygens (including phenoxy) is 1. The maximum atomic E-state index is 13.9. The number of carbonyl (C=O) groups is 4. The van der Waals surface area contributed by atoms with Gasteiger partial charge < -0.3 is 25.7 Å². The van der Waals surface area contributed by atoms with E-state index in [1.807, 2.05) is 58.0 Å². The van der Waals surface area contributed by atoms with Crippen molar-refractivity contribution in [3.63, 3.8) is 0 Å². The number of hydrogen-bond acceptors (Lipinski definition) is 7. The summed E-state index contributed by atoms with van der Waals surface area (Å²) >= 11 is 0. The van der Waals surface area contributed by atoms with E-state index in [1.54, 1.807) is 12.1 Å². The number of nitrogens with zero attached hydrogens (tertiary/aromatic N) is 2. The van der Waals surface area contributed by atoms with E-state index in [0.717, 1.165) is 65.0 Å². The lowest BCUT2D eigenvalue weighted by Gasteiger charge is -2.29. The van der Waals surface area contributed by atoms with Crippen molar-refractivity contribution in [2.45, 2.75) is 98.0 Å². The molecule has 2 aliphatic rings. The molecule has 11 nitrogen and oxygen atoms in total. The summed E-state index contributed by atoms with van der Waals surface area (Å²) in [5.74, 6) is 0.496. The van der Waals surface area contributed by atoms with Crippen LogP contribution in [0.4, 0.5) is 16.2 Å². The molecule has 2 aromatic carbocycles. The first kappa shape index (κ1) is 36.7. The van der Waals surface area contributed by atoms with Crippen LogP contribution in [0, 0.1) is 24.7 Å². The van der Waals surface area contributed by atoms with Crippen molar-refractivity contribution in [1.82, 2.24) is 20.3 Å². The van der Waals surface area contributed by atoms with Crippen LogP contribution in [0.5, 0.6) is 0 Å². The molecule has 52 heavy (non-hydrogen) atoms. The second-order valence-electron chi connectivity index (χ2n) is 15.8. The van der Waals surface area contributed by atoms with Crippen molar-refractivity contribution in [3.8, 4) is 11.3 Å². The molecule has 4 aromatic rings. The summed E-state index contributed by atoms with van der Waals surface area (Å²) in [6, 6.07) is 15.5. The number of imidazole rings is 1. The van der Waals surface area contributed by atoms with Gasteiger partial charge in [0, 0.05) is 47.7 Å². The van der Waals surface area contributed by atoms with Crippen LogP contribution in [0.2, 0.25) is 0 Å². The van der Waals surface area contributed by atoms with E-state index in [0.29, 0.717) is 36.4 Å². The predicted molar refractivity (Wildman–Crippen MR) is 202 cm³/mol. The third-order valence-corrected chi connectivity index (χ3v) is 10.00. The van der Waals surface area contributed by atoms with Crippen LogP contribution in [-0.2, 0) is 32.0 Å². The van der Waals surface area contributed by atoms with Crippen LogP contribution in [0.25, 0.3) is 22.4 Å². The lowest BCUT2D eigenvalue weighted by atomic mass is 9.77. The summed E-state index contributed by atoms with van der Waals surface area (Å²) in [6.45, 7) is 12.2. The second-order valence-corrected chi connectivity index (χ2v) is 15.8. The number of nitrogens with one attached hydrogen (secondary N) is 4. The number of benzene rings is 2. The molecule has 0 spiro atoms. The third-order valence-electron chi connectivity index (χ3n) is 10.00. The van der Waals surface area contributed by atoms with Gasteiger partial charge in [-0.15, -0.1) is 0 Å². The summed E-state index contributed by atoms with van der Waals surface area (Å²) in [4.78, 5) is 64.6. The van der Waals surface area contributed by atoms with Gasteiger partial charge >= 0.3 is 6.09 Å². The van der Waals surface area contributed by atoms with E-state index in [-0.39, 0.29) is 41.8 Å². The Kier molecular flexibility index (Phi) is 10.8. The molecule has 6 rings (SSSR count). The third kappa shape index (κ3) is 9.05. The Morgan fingerprint density at radius 3 is 2.40 bits per heavy atom. The summed E-state index contributed by atoms with van der Waals surface area (Å²) in [7, 11) is 0. The topological polar surface area (TPSA) is 155 Å². The van der Waals surface area contributed by atoms with Crippen LogP contribution >= 0.6 is 0 Å². The zero-order chi connectivity index (χ0) is 37.2. The molecule has 4 N–H and O–H groups in total. The Morgan fingerprint density at radius 2 is 1.71 bits per heavy atom. The van der Waals surface area contributed by atoms with Gasteiger partial charge in [0.05, 0.1) is 17.6 Å². The van der Waals surface area contributed by atoms with Crippen molar-refractivity contribution >= 4 is 46.2 Å². The molecule has 1 saturated carbocycles. The lowest BCUT2D eigenvalue weighted by Crippen LogP contribution is -2.37. The number of aromatic nitrogens is 3. The molecule has 0 unspecified atom stereocenters. The van der Waals surface area contributed by atoms with Crippen LogP contribution in [0.3, 0.4) is 0 Å². The Hall–Kier alpha value is -5.06. The lowest BCUT2D eigenvalue weighted by molar-refractivity contribution is -0.129. The average molecular weight is 707 g/mol. The smallest absolute Gasteiger partial charge is 0.407 e. The molecule has 0 radical (unpaired) electrons. The molecule has 1 aliphatic heterocycles. The number of Topliss-reactive ketones (excluding diaryl/α,β-unsaturated/α-hetero) is 1. The van der Waals surface area contributed by atoms with E-state index >= 15 is 0 Å². The van der Waals surface area contributed by atoms with Crippen LogP contribution in [0.1, 0.15) is 95.2 Å². The normalized spacial score (nSPS) is 17.8. The number of amides is 3. The number of aryl methyl sites for hydroxylation is 1. The van der Waals surface area contributed by atoms with Gasteiger partial charge in [0.1, 0.15) is 17.2 Å². The zero-order valence-electron chi connectivity index (χ0n) is 31.0. The summed E-state index contributed by atoms with van der Waals surface area (Å²) in [6.07, 6.45) is 3.48. The number of ketones is 1. The number of pyridine rings is 1. The number of H-pyrrole nitrogens is 1. The fourth-order valence-electron chi connectivity index (χ4n) is 7.14. The second kappa shape index (κ2) is 15.3. The minimum absolute atomic E-state index is 0.0734. The number of aromatic amines is 1. The van der Waals surface area contributed by atoms with Crippen molar-refractivity contribution in [2.75, 3.05) is 17.2 Å². The summed E-state index contributed by atoms with van der Waals surface area (Å²) in [5.41, 5.74) is 6.98. The number of alkyl carbamates (subject to hydrolysis) is 1. The van der Waals surface area contributed by atoms with E-state index < -0.39 is 17.6 Å². The Balaban J connectivity index is 1.14. The maximum Gasteiger partial charge on any atom is 0.407 e. The summed E-state index contributed by atoms with van der Waals surface area (Å²) in [5, 5.41) is 8.73.